The Morgan fingerprint density at radius 2 is 2.08 bits per heavy atom. The fraction of sp³-hybridized carbons (Fsp3) is 0.211. The van der Waals surface area contributed by atoms with Gasteiger partial charge in [-0.25, -0.2) is 4.99 Å². The number of carbonyl (C=O) groups is 2. The first-order valence-corrected chi connectivity index (χ1v) is 7.65. The van der Waals surface area contributed by atoms with Gasteiger partial charge >= 0.3 is 0 Å². The molecule has 1 aliphatic carbocycles. The van der Waals surface area contributed by atoms with E-state index in [1.807, 2.05) is 19.9 Å². The smallest absolute Gasteiger partial charge is 0.277 e. The summed E-state index contributed by atoms with van der Waals surface area (Å²) in [6, 6.07) is 6.85. The molecule has 1 aromatic rings. The number of fused-ring (bicyclic) bond motifs is 1. The molecule has 0 saturated carbocycles. The maximum absolute atomic E-state index is 12.3. The summed E-state index contributed by atoms with van der Waals surface area (Å²) in [6.07, 6.45) is 5.50. The van der Waals surface area contributed by atoms with E-state index >= 15 is 0 Å². The Morgan fingerprint density at radius 1 is 1.29 bits per heavy atom. The van der Waals surface area contributed by atoms with Crippen molar-refractivity contribution in [1.29, 1.82) is 0 Å². The molecular weight excluding hydrogens is 304 g/mol. The van der Waals surface area contributed by atoms with Gasteiger partial charge in [0, 0.05) is 22.8 Å². The summed E-state index contributed by atoms with van der Waals surface area (Å²) in [6.45, 7) is 3.76. The van der Waals surface area contributed by atoms with Gasteiger partial charge in [0.1, 0.15) is 5.75 Å². The van der Waals surface area contributed by atoms with Gasteiger partial charge in [-0.05, 0) is 44.2 Å². The molecule has 1 aromatic carbocycles. The number of methoxy groups -OCH3 is 1. The van der Waals surface area contributed by atoms with Crippen molar-refractivity contribution in [2.75, 3.05) is 7.11 Å². The Morgan fingerprint density at radius 3 is 2.83 bits per heavy atom. The third kappa shape index (κ3) is 2.93. The van der Waals surface area contributed by atoms with Gasteiger partial charge in [0.2, 0.25) is 0 Å². The molecule has 1 aliphatic heterocycles. The number of aliphatic imine (C=N–C) groups is 1. The van der Waals surface area contributed by atoms with Gasteiger partial charge in [-0.3, -0.25) is 9.59 Å². The van der Waals surface area contributed by atoms with E-state index in [-0.39, 0.29) is 17.7 Å². The predicted octanol–water partition coefficient (Wildman–Crippen LogP) is 2.81. The van der Waals surface area contributed by atoms with Crippen LogP contribution in [0.2, 0.25) is 0 Å². The lowest BCUT2D eigenvalue weighted by Crippen LogP contribution is -2.35. The van der Waals surface area contributed by atoms with Crippen LogP contribution in [0.1, 0.15) is 24.2 Å². The summed E-state index contributed by atoms with van der Waals surface area (Å²) in [7, 11) is 1.55. The summed E-state index contributed by atoms with van der Waals surface area (Å²) in [5, 5.41) is 2.86. The van der Waals surface area contributed by atoms with Gasteiger partial charge in [-0.15, -0.1) is 0 Å². The number of benzene rings is 1. The number of amides is 2. The van der Waals surface area contributed by atoms with Gasteiger partial charge in [-0.1, -0.05) is 17.7 Å². The van der Waals surface area contributed by atoms with Crippen molar-refractivity contribution in [2.45, 2.75) is 13.8 Å². The third-order valence-corrected chi connectivity index (χ3v) is 4.30. The Kier molecular flexibility index (Phi) is 4.16. The van der Waals surface area contributed by atoms with Crippen molar-refractivity contribution in [3.05, 3.63) is 64.9 Å². The summed E-state index contributed by atoms with van der Waals surface area (Å²) in [4.78, 5) is 28.4. The van der Waals surface area contributed by atoms with E-state index in [2.05, 4.69) is 10.3 Å². The molecule has 1 unspecified atom stereocenters. The van der Waals surface area contributed by atoms with Crippen LogP contribution in [0.4, 0.5) is 0 Å². The van der Waals surface area contributed by atoms with Crippen LogP contribution >= 0.6 is 0 Å². The van der Waals surface area contributed by atoms with E-state index in [1.54, 1.807) is 43.5 Å². The van der Waals surface area contributed by atoms with E-state index in [1.165, 1.54) is 0 Å². The SMILES string of the molecule is COc1cccc(C(=O)N=C2C=CC3C(=C2)NC(=O)C(C)=C3C)c1. The van der Waals surface area contributed by atoms with Crippen molar-refractivity contribution in [3.8, 4) is 5.75 Å². The second-order valence-electron chi connectivity index (χ2n) is 5.77. The molecule has 5 nitrogen and oxygen atoms in total. The van der Waals surface area contributed by atoms with E-state index in [0.717, 1.165) is 16.8 Å². The van der Waals surface area contributed by atoms with E-state index in [9.17, 15) is 9.59 Å². The number of allylic oxidation sites excluding steroid dienone is 3. The first kappa shape index (κ1) is 15.9. The number of ether oxygens (including phenoxy) is 1. The standard InChI is InChI=1S/C19H18N2O3/c1-11-12(2)18(22)21-17-10-14(7-8-16(11)17)20-19(23)13-5-4-6-15(9-13)24-3/h4-10,16H,1-3H3,(H,21,22). The molecule has 1 atom stereocenters. The molecule has 24 heavy (non-hydrogen) atoms. The van der Waals surface area contributed by atoms with Crippen LogP contribution in [-0.2, 0) is 4.79 Å². The molecule has 0 radical (unpaired) electrons. The highest BCUT2D eigenvalue weighted by Gasteiger charge is 2.27. The Labute approximate surface area is 140 Å². The second-order valence-corrected chi connectivity index (χ2v) is 5.77. The normalized spacial score (nSPS) is 21.3. The number of rotatable bonds is 2. The van der Waals surface area contributed by atoms with Crippen LogP contribution in [0.3, 0.4) is 0 Å². The number of nitrogens with one attached hydrogen (secondary N) is 1. The van der Waals surface area contributed by atoms with E-state index in [4.69, 9.17) is 4.74 Å². The van der Waals surface area contributed by atoms with Crippen molar-refractivity contribution in [3.63, 3.8) is 0 Å². The number of hydrogen-bond acceptors (Lipinski definition) is 3. The van der Waals surface area contributed by atoms with Crippen LogP contribution < -0.4 is 10.1 Å². The monoisotopic (exact) mass is 322 g/mol. The molecule has 0 aromatic heterocycles. The first-order chi connectivity index (χ1) is 11.5. The molecule has 0 bridgehead atoms. The minimum absolute atomic E-state index is 0.0357. The summed E-state index contributed by atoms with van der Waals surface area (Å²) >= 11 is 0. The zero-order chi connectivity index (χ0) is 17.3. The average molecular weight is 322 g/mol. The molecule has 1 heterocycles. The third-order valence-electron chi connectivity index (χ3n) is 4.30. The fourth-order valence-electron chi connectivity index (χ4n) is 2.73. The summed E-state index contributed by atoms with van der Waals surface area (Å²) in [5.41, 5.74) is 3.47. The predicted molar refractivity (Wildman–Crippen MR) is 92.0 cm³/mol. The summed E-state index contributed by atoms with van der Waals surface area (Å²) in [5.74, 6) is 0.182. The first-order valence-electron chi connectivity index (χ1n) is 7.65. The minimum Gasteiger partial charge on any atom is -0.497 e. The molecule has 2 aliphatic rings. The maximum Gasteiger partial charge on any atom is 0.277 e. The van der Waals surface area contributed by atoms with Crippen molar-refractivity contribution in [1.82, 2.24) is 5.32 Å². The molecule has 5 heteroatoms. The van der Waals surface area contributed by atoms with Gasteiger partial charge < -0.3 is 10.1 Å². The lowest BCUT2D eigenvalue weighted by molar-refractivity contribution is -0.117. The number of nitrogens with zero attached hydrogens (tertiary/aromatic N) is 1. The second kappa shape index (κ2) is 6.28. The minimum atomic E-state index is -0.352. The zero-order valence-electron chi connectivity index (χ0n) is 13.8. The molecule has 1 N–H and O–H groups in total. The fourth-order valence-corrected chi connectivity index (χ4v) is 2.73. The van der Waals surface area contributed by atoms with Crippen molar-refractivity contribution < 1.29 is 14.3 Å². The largest absolute Gasteiger partial charge is 0.497 e. The molecule has 0 fully saturated rings. The Balaban J connectivity index is 1.88. The van der Waals surface area contributed by atoms with Crippen LogP contribution in [0.15, 0.2) is 64.3 Å². The van der Waals surface area contributed by atoms with Crippen LogP contribution in [0.25, 0.3) is 0 Å². The van der Waals surface area contributed by atoms with Crippen LogP contribution in [-0.4, -0.2) is 24.6 Å². The number of carbonyl (C=O) groups excluding carboxylic acids is 2. The van der Waals surface area contributed by atoms with E-state index in [0.29, 0.717) is 17.0 Å². The average Bonchev–Trinajstić information content (AvgIpc) is 2.59. The Bertz CT molecular complexity index is 844. The lowest BCUT2D eigenvalue weighted by atomic mass is 9.85. The van der Waals surface area contributed by atoms with Crippen LogP contribution in [0.5, 0.6) is 5.75 Å². The van der Waals surface area contributed by atoms with Crippen LogP contribution in [0, 0.1) is 5.92 Å². The molecule has 0 saturated heterocycles. The zero-order valence-corrected chi connectivity index (χ0v) is 13.8. The van der Waals surface area contributed by atoms with Crippen molar-refractivity contribution in [2.24, 2.45) is 10.9 Å². The quantitative estimate of drug-likeness (QED) is 0.910. The van der Waals surface area contributed by atoms with E-state index < -0.39 is 0 Å². The molecule has 3 rings (SSSR count). The van der Waals surface area contributed by atoms with Crippen molar-refractivity contribution >= 4 is 17.5 Å². The maximum atomic E-state index is 12.3. The van der Waals surface area contributed by atoms with Gasteiger partial charge in [0.25, 0.3) is 11.8 Å². The molecule has 122 valence electrons. The van der Waals surface area contributed by atoms with Gasteiger partial charge in [-0.2, -0.15) is 0 Å². The highest BCUT2D eigenvalue weighted by atomic mass is 16.5. The lowest BCUT2D eigenvalue weighted by Gasteiger charge is -2.28. The molecule has 2 amide bonds. The van der Waals surface area contributed by atoms with Gasteiger partial charge in [0.05, 0.1) is 12.8 Å². The topological polar surface area (TPSA) is 67.8 Å². The summed E-state index contributed by atoms with van der Waals surface area (Å²) < 4.78 is 5.12. The molecule has 0 spiro atoms. The Hall–Kier alpha value is -2.95. The highest BCUT2D eigenvalue weighted by molar-refractivity contribution is 6.14. The molecular formula is C19H18N2O3. The number of hydrogen-bond donors (Lipinski definition) is 1. The van der Waals surface area contributed by atoms with Gasteiger partial charge in [0.15, 0.2) is 0 Å². The highest BCUT2D eigenvalue weighted by Crippen LogP contribution is 2.29.